The van der Waals surface area contributed by atoms with Crippen LogP contribution in [0, 0.1) is 0 Å². The van der Waals surface area contributed by atoms with Crippen molar-refractivity contribution < 1.29 is 9.53 Å². The average Bonchev–Trinajstić information content (AvgIpc) is 2.54. The lowest BCUT2D eigenvalue weighted by Crippen LogP contribution is -2.42. The molecule has 23 heavy (non-hydrogen) atoms. The standard InChI is InChI=1S/C18H23N3O2/c1-12(2)21(13(3)4)18(22)17-11-14(23-5)10-16(20-17)15-8-6-7-9-19-15/h6-13H,1-5H3. The number of ether oxygens (including phenoxy) is 1. The average molecular weight is 313 g/mol. The van der Waals surface area contributed by atoms with Crippen molar-refractivity contribution in [3.8, 4) is 17.1 Å². The maximum absolute atomic E-state index is 12.9. The summed E-state index contributed by atoms with van der Waals surface area (Å²) in [6.07, 6.45) is 1.70. The van der Waals surface area contributed by atoms with Crippen molar-refractivity contribution in [3.63, 3.8) is 0 Å². The maximum atomic E-state index is 12.9. The van der Waals surface area contributed by atoms with Crippen LogP contribution in [0.4, 0.5) is 0 Å². The first-order valence-electron chi connectivity index (χ1n) is 7.74. The molecule has 2 heterocycles. The summed E-state index contributed by atoms with van der Waals surface area (Å²) in [6.45, 7) is 7.99. The Balaban J connectivity index is 2.48. The lowest BCUT2D eigenvalue weighted by molar-refractivity contribution is 0.0637. The third-order valence-corrected chi connectivity index (χ3v) is 3.53. The predicted molar refractivity (Wildman–Crippen MR) is 90.5 cm³/mol. The van der Waals surface area contributed by atoms with Gasteiger partial charge in [0.2, 0.25) is 0 Å². The summed E-state index contributed by atoms with van der Waals surface area (Å²) >= 11 is 0. The summed E-state index contributed by atoms with van der Waals surface area (Å²) in [7, 11) is 1.58. The second-order valence-corrected chi connectivity index (χ2v) is 5.89. The van der Waals surface area contributed by atoms with Crippen LogP contribution >= 0.6 is 0 Å². The second-order valence-electron chi connectivity index (χ2n) is 5.89. The molecule has 0 fully saturated rings. The highest BCUT2D eigenvalue weighted by Crippen LogP contribution is 2.23. The molecule has 122 valence electrons. The lowest BCUT2D eigenvalue weighted by Gasteiger charge is -2.30. The Morgan fingerprint density at radius 2 is 1.78 bits per heavy atom. The number of pyridine rings is 2. The van der Waals surface area contributed by atoms with Crippen molar-refractivity contribution in [2.75, 3.05) is 7.11 Å². The Kier molecular flexibility index (Phi) is 5.32. The van der Waals surface area contributed by atoms with Crippen LogP contribution in [0.1, 0.15) is 38.2 Å². The van der Waals surface area contributed by atoms with Gasteiger partial charge in [-0.15, -0.1) is 0 Å². The molecule has 0 spiro atoms. The van der Waals surface area contributed by atoms with Gasteiger partial charge >= 0.3 is 0 Å². The van der Waals surface area contributed by atoms with E-state index in [1.54, 1.807) is 25.4 Å². The molecule has 0 aromatic carbocycles. The van der Waals surface area contributed by atoms with Crippen LogP contribution in [0.15, 0.2) is 36.5 Å². The Morgan fingerprint density at radius 3 is 2.30 bits per heavy atom. The maximum Gasteiger partial charge on any atom is 0.273 e. The topological polar surface area (TPSA) is 55.3 Å². The highest BCUT2D eigenvalue weighted by molar-refractivity contribution is 5.93. The van der Waals surface area contributed by atoms with Gasteiger partial charge in [0.25, 0.3) is 5.91 Å². The van der Waals surface area contributed by atoms with E-state index in [-0.39, 0.29) is 18.0 Å². The van der Waals surface area contributed by atoms with Crippen LogP contribution in [-0.2, 0) is 0 Å². The van der Waals surface area contributed by atoms with Gasteiger partial charge in [-0.3, -0.25) is 9.78 Å². The molecule has 0 radical (unpaired) electrons. The second kappa shape index (κ2) is 7.22. The van der Waals surface area contributed by atoms with Gasteiger partial charge in [-0.2, -0.15) is 0 Å². The molecule has 0 N–H and O–H groups in total. The number of methoxy groups -OCH3 is 1. The molecule has 0 saturated heterocycles. The Morgan fingerprint density at radius 1 is 1.09 bits per heavy atom. The van der Waals surface area contributed by atoms with Crippen LogP contribution < -0.4 is 4.74 Å². The summed E-state index contributed by atoms with van der Waals surface area (Å²) in [5, 5.41) is 0. The van der Waals surface area contributed by atoms with Crippen molar-refractivity contribution in [2.24, 2.45) is 0 Å². The van der Waals surface area contributed by atoms with E-state index in [1.165, 1.54) is 0 Å². The Bertz CT molecular complexity index is 661. The van der Waals surface area contributed by atoms with Gasteiger partial charge in [0.15, 0.2) is 0 Å². The monoisotopic (exact) mass is 313 g/mol. The summed E-state index contributed by atoms with van der Waals surface area (Å²) in [6, 6.07) is 9.23. The van der Waals surface area contributed by atoms with E-state index in [0.29, 0.717) is 22.8 Å². The number of hydrogen-bond acceptors (Lipinski definition) is 4. The van der Waals surface area contributed by atoms with E-state index in [2.05, 4.69) is 9.97 Å². The molecule has 0 bridgehead atoms. The van der Waals surface area contributed by atoms with Gasteiger partial charge in [0, 0.05) is 30.4 Å². The zero-order chi connectivity index (χ0) is 17.0. The van der Waals surface area contributed by atoms with Crippen molar-refractivity contribution in [1.29, 1.82) is 0 Å². The molecule has 5 nitrogen and oxygen atoms in total. The number of amides is 1. The van der Waals surface area contributed by atoms with E-state index in [9.17, 15) is 4.79 Å². The van der Waals surface area contributed by atoms with Crippen LogP contribution in [-0.4, -0.2) is 40.0 Å². The fourth-order valence-corrected chi connectivity index (χ4v) is 2.58. The molecule has 5 heteroatoms. The molecule has 0 saturated carbocycles. The molecule has 1 amide bonds. The number of rotatable bonds is 5. The largest absolute Gasteiger partial charge is 0.497 e. The van der Waals surface area contributed by atoms with Gasteiger partial charge in [-0.25, -0.2) is 4.98 Å². The van der Waals surface area contributed by atoms with E-state index >= 15 is 0 Å². The number of nitrogens with zero attached hydrogens (tertiary/aromatic N) is 3. The number of hydrogen-bond donors (Lipinski definition) is 0. The van der Waals surface area contributed by atoms with E-state index in [0.717, 1.165) is 0 Å². The molecule has 0 unspecified atom stereocenters. The molecule has 0 aliphatic rings. The summed E-state index contributed by atoms with van der Waals surface area (Å²) in [5.41, 5.74) is 1.70. The predicted octanol–water partition coefficient (Wildman–Crippen LogP) is 3.41. The first-order valence-corrected chi connectivity index (χ1v) is 7.74. The first-order chi connectivity index (χ1) is 10.9. The number of carbonyl (C=O) groups excluding carboxylic acids is 1. The molecule has 0 aliphatic heterocycles. The summed E-state index contributed by atoms with van der Waals surface area (Å²) in [4.78, 5) is 23.5. The quantitative estimate of drug-likeness (QED) is 0.849. The van der Waals surface area contributed by atoms with Crippen LogP contribution in [0.5, 0.6) is 5.75 Å². The zero-order valence-electron chi connectivity index (χ0n) is 14.3. The van der Waals surface area contributed by atoms with Gasteiger partial charge in [0.05, 0.1) is 18.5 Å². The molecule has 2 rings (SSSR count). The first kappa shape index (κ1) is 16.9. The fraction of sp³-hybridized carbons (Fsp3) is 0.389. The number of aromatic nitrogens is 2. The van der Waals surface area contributed by atoms with Crippen LogP contribution in [0.3, 0.4) is 0 Å². The van der Waals surface area contributed by atoms with E-state index in [4.69, 9.17) is 4.74 Å². The Labute approximate surface area is 137 Å². The molecule has 2 aromatic heterocycles. The Hall–Kier alpha value is -2.43. The van der Waals surface area contributed by atoms with E-state index < -0.39 is 0 Å². The van der Waals surface area contributed by atoms with Crippen molar-refractivity contribution in [1.82, 2.24) is 14.9 Å². The third-order valence-electron chi connectivity index (χ3n) is 3.53. The highest BCUT2D eigenvalue weighted by atomic mass is 16.5. The van der Waals surface area contributed by atoms with E-state index in [1.807, 2.05) is 50.8 Å². The minimum Gasteiger partial charge on any atom is -0.497 e. The number of carbonyl (C=O) groups is 1. The van der Waals surface area contributed by atoms with Crippen molar-refractivity contribution in [2.45, 2.75) is 39.8 Å². The minimum absolute atomic E-state index is 0.0915. The smallest absolute Gasteiger partial charge is 0.273 e. The van der Waals surface area contributed by atoms with Crippen molar-refractivity contribution in [3.05, 3.63) is 42.2 Å². The SMILES string of the molecule is COc1cc(C(=O)N(C(C)C)C(C)C)nc(-c2ccccn2)c1. The van der Waals surface area contributed by atoms with Crippen LogP contribution in [0.2, 0.25) is 0 Å². The van der Waals surface area contributed by atoms with Gasteiger partial charge in [0.1, 0.15) is 11.4 Å². The molecule has 0 atom stereocenters. The van der Waals surface area contributed by atoms with Crippen LogP contribution in [0.25, 0.3) is 11.4 Å². The van der Waals surface area contributed by atoms with Gasteiger partial charge in [-0.05, 0) is 39.8 Å². The zero-order valence-corrected chi connectivity index (χ0v) is 14.3. The summed E-state index contributed by atoms with van der Waals surface area (Å²) in [5.74, 6) is 0.488. The lowest BCUT2D eigenvalue weighted by atomic mass is 10.1. The van der Waals surface area contributed by atoms with Gasteiger partial charge < -0.3 is 9.64 Å². The molecule has 0 aliphatic carbocycles. The van der Waals surface area contributed by atoms with Gasteiger partial charge in [-0.1, -0.05) is 6.07 Å². The fourth-order valence-electron chi connectivity index (χ4n) is 2.58. The third kappa shape index (κ3) is 3.86. The molecule has 2 aromatic rings. The summed E-state index contributed by atoms with van der Waals surface area (Å²) < 4.78 is 5.33. The minimum atomic E-state index is -0.105. The van der Waals surface area contributed by atoms with Crippen molar-refractivity contribution >= 4 is 5.91 Å². The normalized spacial score (nSPS) is 10.9. The molecular formula is C18H23N3O2. The highest BCUT2D eigenvalue weighted by Gasteiger charge is 2.24. The molecular weight excluding hydrogens is 290 g/mol.